The number of anilines is 1. The molecule has 2 atom stereocenters. The Labute approximate surface area is 168 Å². The van der Waals surface area contributed by atoms with Crippen molar-refractivity contribution in [2.24, 2.45) is 0 Å². The Balaban J connectivity index is 2.33. The number of hydrogen-bond donors (Lipinski definition) is 3. The second kappa shape index (κ2) is 10.7. The minimum absolute atomic E-state index is 0.153. The zero-order chi connectivity index (χ0) is 21.2. The third kappa shape index (κ3) is 6.54. The van der Waals surface area contributed by atoms with Gasteiger partial charge in [-0.3, -0.25) is 5.32 Å². The highest BCUT2D eigenvalue weighted by Gasteiger charge is 2.27. The predicted octanol–water partition coefficient (Wildman–Crippen LogP) is 3.74. The molecule has 0 heterocycles. The number of carbonyl (C=O) groups excluding carboxylic acids is 1. The van der Waals surface area contributed by atoms with Crippen LogP contribution in [0, 0.1) is 0 Å². The maximum Gasteiger partial charge on any atom is 0.412 e. The summed E-state index contributed by atoms with van der Waals surface area (Å²) >= 11 is 0. The van der Waals surface area contributed by atoms with E-state index in [0.29, 0.717) is 11.3 Å². The quantitative estimate of drug-likeness (QED) is 0.548. The molecule has 0 aliphatic heterocycles. The molecule has 2 rings (SSSR count). The first-order chi connectivity index (χ1) is 13.9. The number of carbonyl (C=O) groups is 2. The summed E-state index contributed by atoms with van der Waals surface area (Å²) in [7, 11) is 1.41. The van der Waals surface area contributed by atoms with Crippen molar-refractivity contribution in [3.05, 3.63) is 66.2 Å². The zero-order valence-corrected chi connectivity index (χ0v) is 16.1. The molecule has 2 aromatic carbocycles. The van der Waals surface area contributed by atoms with Gasteiger partial charge in [-0.1, -0.05) is 24.3 Å². The van der Waals surface area contributed by atoms with Gasteiger partial charge in [-0.05, 0) is 42.8 Å². The van der Waals surface area contributed by atoms with Crippen LogP contribution in [0.1, 0.15) is 18.6 Å². The molecule has 8 heteroatoms. The number of ether oxygens (including phenoxy) is 3. The first kappa shape index (κ1) is 21.8. The smallest absolute Gasteiger partial charge is 0.412 e. The van der Waals surface area contributed by atoms with Crippen molar-refractivity contribution in [1.29, 1.82) is 0 Å². The van der Waals surface area contributed by atoms with Crippen LogP contribution < -0.4 is 10.1 Å². The van der Waals surface area contributed by atoms with Crippen molar-refractivity contribution in [3.8, 4) is 11.5 Å². The highest BCUT2D eigenvalue weighted by Crippen LogP contribution is 2.33. The number of carboxylic acid groups (broad SMARTS) is 1. The Morgan fingerprint density at radius 3 is 2.48 bits per heavy atom. The molecule has 0 spiro atoms. The first-order valence-electron chi connectivity index (χ1n) is 8.87. The Kier molecular flexibility index (Phi) is 8.05. The number of para-hydroxylation sites is 1. The number of amides is 1. The fourth-order valence-electron chi connectivity index (χ4n) is 2.61. The monoisotopic (exact) mass is 401 g/mol. The number of aliphatic carboxylic acids is 1. The Morgan fingerprint density at radius 2 is 1.90 bits per heavy atom. The molecule has 154 valence electrons. The normalized spacial score (nSPS) is 12.9. The van der Waals surface area contributed by atoms with Gasteiger partial charge in [0.25, 0.3) is 0 Å². The van der Waals surface area contributed by atoms with Crippen LogP contribution in [0.5, 0.6) is 11.5 Å². The summed E-state index contributed by atoms with van der Waals surface area (Å²) in [6.45, 7) is 1.98. The van der Waals surface area contributed by atoms with Crippen molar-refractivity contribution >= 4 is 17.7 Å². The molecule has 0 radical (unpaired) electrons. The topological polar surface area (TPSA) is 114 Å². The van der Waals surface area contributed by atoms with Crippen molar-refractivity contribution in [2.45, 2.75) is 19.1 Å². The lowest BCUT2D eigenvalue weighted by Gasteiger charge is -2.25. The van der Waals surface area contributed by atoms with E-state index in [4.69, 9.17) is 19.3 Å². The van der Waals surface area contributed by atoms with Gasteiger partial charge in [0.1, 0.15) is 6.10 Å². The lowest BCUT2D eigenvalue weighted by Crippen LogP contribution is -2.27. The van der Waals surface area contributed by atoms with Crippen molar-refractivity contribution in [1.82, 2.24) is 0 Å². The molecule has 3 N–H and O–H groups in total. The number of phenols is 1. The summed E-state index contributed by atoms with van der Waals surface area (Å²) < 4.78 is 16.2. The molecule has 0 bridgehead atoms. The van der Waals surface area contributed by atoms with E-state index in [2.05, 4.69) is 5.32 Å². The van der Waals surface area contributed by atoms with Crippen LogP contribution in [0.25, 0.3) is 0 Å². The summed E-state index contributed by atoms with van der Waals surface area (Å²) in [5.74, 6) is -1.07. The molecular formula is C21H23NO7. The van der Waals surface area contributed by atoms with Crippen LogP contribution in [0.3, 0.4) is 0 Å². The fraction of sp³-hybridized carbons (Fsp3) is 0.238. The van der Waals surface area contributed by atoms with Gasteiger partial charge in [0.15, 0.2) is 17.6 Å². The average Bonchev–Trinajstić information content (AvgIpc) is 2.70. The van der Waals surface area contributed by atoms with Crippen LogP contribution in [0.2, 0.25) is 0 Å². The predicted molar refractivity (Wildman–Crippen MR) is 106 cm³/mol. The number of methoxy groups -OCH3 is 1. The van der Waals surface area contributed by atoms with E-state index in [9.17, 15) is 14.7 Å². The summed E-state index contributed by atoms with van der Waals surface area (Å²) in [6.07, 6.45) is -0.482. The summed E-state index contributed by atoms with van der Waals surface area (Å²) in [6, 6.07) is 13.2. The highest BCUT2D eigenvalue weighted by molar-refractivity contribution is 5.84. The molecule has 8 nitrogen and oxygen atoms in total. The summed E-state index contributed by atoms with van der Waals surface area (Å²) in [5.41, 5.74) is 0.933. The largest absolute Gasteiger partial charge is 0.504 e. The van der Waals surface area contributed by atoms with E-state index in [0.717, 1.165) is 6.08 Å². The molecule has 1 amide bonds. The van der Waals surface area contributed by atoms with E-state index in [1.165, 1.54) is 25.3 Å². The minimum Gasteiger partial charge on any atom is -0.504 e. The molecular weight excluding hydrogens is 378 g/mol. The van der Waals surface area contributed by atoms with Gasteiger partial charge < -0.3 is 24.4 Å². The fourth-order valence-corrected chi connectivity index (χ4v) is 2.61. The van der Waals surface area contributed by atoms with Gasteiger partial charge in [0.2, 0.25) is 0 Å². The lowest BCUT2D eigenvalue weighted by atomic mass is 10.0. The van der Waals surface area contributed by atoms with Crippen LogP contribution in [0.15, 0.2) is 60.7 Å². The van der Waals surface area contributed by atoms with Gasteiger partial charge in [0.05, 0.1) is 7.11 Å². The molecule has 0 unspecified atom stereocenters. The van der Waals surface area contributed by atoms with Crippen LogP contribution >= 0.6 is 0 Å². The number of rotatable bonds is 9. The number of carboxylic acids is 1. The molecule has 2 aromatic rings. The standard InChI is InChI=1S/C21H23NO7/c1-3-28-18(11-12-19(24)25)20(14-9-10-17(27-2)16(23)13-14)29-21(26)22-15-7-5-4-6-8-15/h4-13,18,20,23H,3H2,1-2H3,(H,22,26)(H,24,25)/b12-11+/t18-,20-/m1/s1. The molecule has 29 heavy (non-hydrogen) atoms. The van der Waals surface area contributed by atoms with Crippen LogP contribution in [-0.4, -0.2) is 42.1 Å². The van der Waals surface area contributed by atoms with Gasteiger partial charge >= 0.3 is 12.1 Å². The minimum atomic E-state index is -1.17. The van der Waals surface area contributed by atoms with Gasteiger partial charge in [-0.15, -0.1) is 0 Å². The molecule has 0 saturated carbocycles. The van der Waals surface area contributed by atoms with Crippen LogP contribution in [-0.2, 0) is 14.3 Å². The zero-order valence-electron chi connectivity index (χ0n) is 16.1. The lowest BCUT2D eigenvalue weighted by molar-refractivity contribution is -0.131. The Morgan fingerprint density at radius 1 is 1.17 bits per heavy atom. The van der Waals surface area contributed by atoms with Crippen molar-refractivity contribution < 1.29 is 34.0 Å². The Bertz CT molecular complexity index is 851. The van der Waals surface area contributed by atoms with E-state index in [1.807, 2.05) is 0 Å². The third-order valence-corrected chi connectivity index (χ3v) is 3.87. The van der Waals surface area contributed by atoms with E-state index < -0.39 is 24.3 Å². The van der Waals surface area contributed by atoms with Crippen molar-refractivity contribution in [2.75, 3.05) is 19.0 Å². The third-order valence-electron chi connectivity index (χ3n) is 3.87. The van der Waals surface area contributed by atoms with Crippen molar-refractivity contribution in [3.63, 3.8) is 0 Å². The van der Waals surface area contributed by atoms with Gasteiger partial charge in [-0.2, -0.15) is 0 Å². The summed E-state index contributed by atoms with van der Waals surface area (Å²) in [5, 5.41) is 21.7. The number of nitrogens with one attached hydrogen (secondary N) is 1. The van der Waals surface area contributed by atoms with E-state index >= 15 is 0 Å². The number of phenolic OH excluding ortho intramolecular Hbond substituents is 1. The molecule has 0 aromatic heterocycles. The number of aromatic hydroxyl groups is 1. The maximum atomic E-state index is 12.4. The number of hydrogen-bond acceptors (Lipinski definition) is 6. The second-order valence-electron chi connectivity index (χ2n) is 5.87. The molecule has 0 saturated heterocycles. The summed E-state index contributed by atoms with van der Waals surface area (Å²) in [4.78, 5) is 23.4. The SMILES string of the molecule is CCO[C@H](/C=C/C(=O)O)[C@H](OC(=O)Nc1ccccc1)c1ccc(OC)c(O)c1. The first-order valence-corrected chi connectivity index (χ1v) is 8.87. The molecule has 0 fully saturated rings. The average molecular weight is 401 g/mol. The van der Waals surface area contributed by atoms with E-state index in [1.54, 1.807) is 43.3 Å². The Hall–Kier alpha value is -3.52. The van der Waals surface area contributed by atoms with E-state index in [-0.39, 0.29) is 18.1 Å². The van der Waals surface area contributed by atoms with Gasteiger partial charge in [0, 0.05) is 18.4 Å². The van der Waals surface area contributed by atoms with Crippen LogP contribution in [0.4, 0.5) is 10.5 Å². The van der Waals surface area contributed by atoms with Gasteiger partial charge in [-0.25, -0.2) is 9.59 Å². The molecule has 0 aliphatic rings. The highest BCUT2D eigenvalue weighted by atomic mass is 16.6. The maximum absolute atomic E-state index is 12.4. The number of benzene rings is 2. The molecule has 0 aliphatic carbocycles. The second-order valence-corrected chi connectivity index (χ2v) is 5.87.